The second kappa shape index (κ2) is 13.6. The molecule has 4 aromatic rings. The first-order valence-electron chi connectivity index (χ1n) is 15.0. The summed E-state index contributed by atoms with van der Waals surface area (Å²) in [6.45, 7) is 19.3. The van der Waals surface area contributed by atoms with Crippen LogP contribution in [0.3, 0.4) is 0 Å². The highest BCUT2D eigenvalue weighted by Crippen LogP contribution is 2.40. The summed E-state index contributed by atoms with van der Waals surface area (Å²) in [6, 6.07) is 21.7. The number of benzene rings is 3. The summed E-state index contributed by atoms with van der Waals surface area (Å²) in [5.41, 5.74) is 9.94. The van der Waals surface area contributed by atoms with Gasteiger partial charge in [-0.15, -0.1) is 0 Å². The van der Waals surface area contributed by atoms with Crippen molar-refractivity contribution in [3.05, 3.63) is 102 Å². The number of nitrogens with one attached hydrogen (secondary N) is 1. The Bertz CT molecular complexity index is 1500. The molecule has 1 aromatic heterocycles. The largest absolute Gasteiger partial charge is 0.454 e. The lowest BCUT2D eigenvalue weighted by Crippen LogP contribution is -2.24. The SMILES string of the molecule is C=C(C)/C(=C/C)c1ccc2oc3c(N/C=C(/c4ccccc4)N(CC)CCCCCC)c(C(C)C)ccc3c2c1. The molecule has 0 radical (unpaired) electrons. The predicted molar refractivity (Wildman–Crippen MR) is 176 cm³/mol. The van der Waals surface area contributed by atoms with Gasteiger partial charge in [0.2, 0.25) is 0 Å². The molecule has 0 fully saturated rings. The molecule has 40 heavy (non-hydrogen) atoms. The Morgan fingerprint density at radius 2 is 1.73 bits per heavy atom. The summed E-state index contributed by atoms with van der Waals surface area (Å²) in [7, 11) is 0. The first kappa shape index (κ1) is 29.3. The van der Waals surface area contributed by atoms with Crippen LogP contribution in [0.25, 0.3) is 33.2 Å². The highest BCUT2D eigenvalue weighted by atomic mass is 16.3. The summed E-state index contributed by atoms with van der Waals surface area (Å²) < 4.78 is 6.57. The van der Waals surface area contributed by atoms with Gasteiger partial charge in [0.15, 0.2) is 5.58 Å². The van der Waals surface area contributed by atoms with Crippen LogP contribution in [-0.4, -0.2) is 18.0 Å². The molecule has 3 heteroatoms. The smallest absolute Gasteiger partial charge is 0.159 e. The van der Waals surface area contributed by atoms with Crippen molar-refractivity contribution in [3.63, 3.8) is 0 Å². The minimum Gasteiger partial charge on any atom is -0.454 e. The Balaban J connectivity index is 1.82. The number of furan rings is 1. The molecule has 0 aliphatic heterocycles. The number of hydrogen-bond acceptors (Lipinski definition) is 3. The van der Waals surface area contributed by atoms with E-state index in [1.165, 1.54) is 53.6 Å². The van der Waals surface area contributed by atoms with Gasteiger partial charge in [0.25, 0.3) is 0 Å². The summed E-state index contributed by atoms with van der Waals surface area (Å²) >= 11 is 0. The second-order valence-electron chi connectivity index (χ2n) is 11.0. The van der Waals surface area contributed by atoms with Crippen LogP contribution in [0, 0.1) is 0 Å². The van der Waals surface area contributed by atoms with Gasteiger partial charge >= 0.3 is 0 Å². The van der Waals surface area contributed by atoms with Crippen molar-refractivity contribution in [2.75, 3.05) is 18.4 Å². The maximum atomic E-state index is 6.57. The monoisotopic (exact) mass is 534 g/mol. The van der Waals surface area contributed by atoms with Gasteiger partial charge in [0.05, 0.1) is 11.4 Å². The van der Waals surface area contributed by atoms with Crippen LogP contribution < -0.4 is 5.32 Å². The number of unbranched alkanes of at least 4 members (excludes halogenated alkanes) is 3. The van der Waals surface area contributed by atoms with Gasteiger partial charge in [-0.2, -0.15) is 0 Å². The van der Waals surface area contributed by atoms with Crippen molar-refractivity contribution >= 4 is 38.9 Å². The molecule has 0 amide bonds. The van der Waals surface area contributed by atoms with Gasteiger partial charge in [0, 0.05) is 30.1 Å². The van der Waals surface area contributed by atoms with E-state index in [0.29, 0.717) is 5.92 Å². The van der Waals surface area contributed by atoms with Crippen LogP contribution in [0.5, 0.6) is 0 Å². The van der Waals surface area contributed by atoms with Crippen molar-refractivity contribution in [3.8, 4) is 0 Å². The Labute approximate surface area is 241 Å². The van der Waals surface area contributed by atoms with E-state index in [0.717, 1.165) is 46.3 Å². The molecule has 0 spiro atoms. The molecular weight excluding hydrogens is 488 g/mol. The standard InChI is InChI=1S/C37H46N2O/c1-8-11-12-16-23-39(10-3)34(28-17-14-13-15-18-28)25-38-36-31(27(6)7)20-21-32-33-24-29(30(9-2)26(4)5)19-22-35(33)40-37(32)36/h9,13-15,17-22,24-25,27,38H,4,8,10-12,16,23H2,1-3,5-7H3/b30-9-,34-25-. The molecule has 0 atom stereocenters. The average molecular weight is 535 g/mol. The van der Waals surface area contributed by atoms with Crippen molar-refractivity contribution in [2.24, 2.45) is 0 Å². The maximum Gasteiger partial charge on any atom is 0.159 e. The van der Waals surface area contributed by atoms with E-state index in [4.69, 9.17) is 4.42 Å². The first-order valence-corrected chi connectivity index (χ1v) is 15.0. The molecule has 1 N–H and O–H groups in total. The lowest BCUT2D eigenvalue weighted by molar-refractivity contribution is 0.400. The quantitative estimate of drug-likeness (QED) is 0.137. The fourth-order valence-corrected chi connectivity index (χ4v) is 5.60. The number of hydrogen-bond donors (Lipinski definition) is 1. The molecule has 0 aliphatic rings. The van der Waals surface area contributed by atoms with E-state index in [9.17, 15) is 0 Å². The van der Waals surface area contributed by atoms with E-state index in [1.54, 1.807) is 0 Å². The molecule has 210 valence electrons. The van der Waals surface area contributed by atoms with Crippen molar-refractivity contribution in [1.29, 1.82) is 0 Å². The number of anilines is 1. The topological polar surface area (TPSA) is 28.4 Å². The lowest BCUT2D eigenvalue weighted by atomic mass is 9.96. The molecule has 3 aromatic carbocycles. The number of fused-ring (bicyclic) bond motifs is 3. The third-order valence-corrected chi connectivity index (χ3v) is 7.78. The first-order chi connectivity index (χ1) is 19.4. The second-order valence-corrected chi connectivity index (χ2v) is 11.0. The Kier molecular flexibility index (Phi) is 9.93. The summed E-state index contributed by atoms with van der Waals surface area (Å²) in [5.74, 6) is 0.346. The minimum atomic E-state index is 0.346. The van der Waals surface area contributed by atoms with E-state index in [1.807, 2.05) is 0 Å². The predicted octanol–water partition coefficient (Wildman–Crippen LogP) is 11.0. The van der Waals surface area contributed by atoms with Gasteiger partial charge < -0.3 is 14.6 Å². The van der Waals surface area contributed by atoms with Gasteiger partial charge in [-0.1, -0.05) is 107 Å². The highest BCUT2D eigenvalue weighted by molar-refractivity contribution is 6.10. The Morgan fingerprint density at radius 3 is 2.38 bits per heavy atom. The van der Waals surface area contributed by atoms with Crippen molar-refractivity contribution in [1.82, 2.24) is 4.90 Å². The van der Waals surface area contributed by atoms with E-state index in [-0.39, 0.29) is 0 Å². The molecule has 1 heterocycles. The minimum absolute atomic E-state index is 0.346. The van der Waals surface area contributed by atoms with Crippen LogP contribution in [0.15, 0.2) is 89.5 Å². The van der Waals surface area contributed by atoms with E-state index >= 15 is 0 Å². The van der Waals surface area contributed by atoms with Crippen LogP contribution >= 0.6 is 0 Å². The third kappa shape index (κ3) is 6.36. The van der Waals surface area contributed by atoms with E-state index in [2.05, 4.69) is 131 Å². The fourth-order valence-electron chi connectivity index (χ4n) is 5.60. The third-order valence-electron chi connectivity index (χ3n) is 7.78. The molecule has 0 unspecified atom stereocenters. The summed E-state index contributed by atoms with van der Waals surface area (Å²) in [5, 5.41) is 6.01. The summed E-state index contributed by atoms with van der Waals surface area (Å²) in [4.78, 5) is 2.49. The van der Waals surface area contributed by atoms with Crippen LogP contribution in [0.4, 0.5) is 5.69 Å². The van der Waals surface area contributed by atoms with Crippen LogP contribution in [0.1, 0.15) is 89.8 Å². The molecule has 0 aliphatic carbocycles. The molecular formula is C37H46N2O. The maximum absolute atomic E-state index is 6.57. The molecule has 0 saturated heterocycles. The summed E-state index contributed by atoms with van der Waals surface area (Å²) in [6.07, 6.45) is 9.32. The Hall–Kier alpha value is -3.72. The lowest BCUT2D eigenvalue weighted by Gasteiger charge is -2.27. The van der Waals surface area contributed by atoms with Crippen molar-refractivity contribution in [2.45, 2.75) is 73.1 Å². The zero-order chi connectivity index (χ0) is 28.6. The van der Waals surface area contributed by atoms with Crippen LogP contribution in [-0.2, 0) is 0 Å². The molecule has 3 nitrogen and oxygen atoms in total. The Morgan fingerprint density at radius 1 is 0.950 bits per heavy atom. The zero-order valence-electron chi connectivity index (χ0n) is 25.3. The van der Waals surface area contributed by atoms with Crippen molar-refractivity contribution < 1.29 is 4.42 Å². The number of nitrogens with zero attached hydrogens (tertiary/aromatic N) is 1. The number of allylic oxidation sites excluding steroid dienone is 3. The van der Waals surface area contributed by atoms with Gasteiger partial charge in [-0.05, 0) is 67.5 Å². The van der Waals surface area contributed by atoms with Gasteiger partial charge in [0.1, 0.15) is 5.58 Å². The van der Waals surface area contributed by atoms with Gasteiger partial charge in [-0.25, -0.2) is 0 Å². The molecule has 0 saturated carbocycles. The molecule has 4 rings (SSSR count). The average Bonchev–Trinajstić information content (AvgIpc) is 3.33. The molecule has 0 bridgehead atoms. The zero-order valence-corrected chi connectivity index (χ0v) is 25.3. The normalized spacial score (nSPS) is 12.5. The number of rotatable bonds is 13. The van der Waals surface area contributed by atoms with Gasteiger partial charge in [-0.3, -0.25) is 0 Å². The van der Waals surface area contributed by atoms with E-state index < -0.39 is 0 Å². The van der Waals surface area contributed by atoms with Crippen LogP contribution in [0.2, 0.25) is 0 Å². The fraction of sp³-hybridized carbons (Fsp3) is 0.351. The highest BCUT2D eigenvalue weighted by Gasteiger charge is 2.18.